The number of hydrogen-bond donors (Lipinski definition) is 0. The lowest BCUT2D eigenvalue weighted by Crippen LogP contribution is -1.94. The number of hydrogen-bond acceptors (Lipinski definition) is 0. The van der Waals surface area contributed by atoms with E-state index in [2.05, 4.69) is 56.7 Å². The predicted octanol–water partition coefficient (Wildman–Crippen LogP) is 6.08. The van der Waals surface area contributed by atoms with Crippen molar-refractivity contribution in [1.82, 2.24) is 0 Å². The van der Waals surface area contributed by atoms with Crippen LogP contribution in [0.2, 0.25) is 10.0 Å². The Morgan fingerprint density at radius 2 is 1.82 bits per heavy atom. The molecule has 0 saturated heterocycles. The number of alkyl halides is 1. The van der Waals surface area contributed by atoms with Crippen LogP contribution in [0.5, 0.6) is 0 Å². The van der Waals surface area contributed by atoms with E-state index in [0.29, 0.717) is 5.02 Å². The molecule has 0 amide bonds. The molecule has 17 heavy (non-hydrogen) atoms. The Kier molecular flexibility index (Phi) is 4.75. The summed E-state index contributed by atoms with van der Waals surface area (Å²) >= 11 is 18.1. The van der Waals surface area contributed by atoms with Crippen LogP contribution in [-0.4, -0.2) is 0 Å². The van der Waals surface area contributed by atoms with Crippen LogP contribution in [0.15, 0.2) is 42.5 Å². The van der Waals surface area contributed by atoms with Gasteiger partial charge in [0.05, 0.1) is 4.83 Å². The Balaban J connectivity index is 2.43. The molecular formula is C13H8BrCl2I. The van der Waals surface area contributed by atoms with Crippen LogP contribution < -0.4 is 0 Å². The molecule has 2 aromatic rings. The number of rotatable bonds is 2. The van der Waals surface area contributed by atoms with Crippen LogP contribution in [0, 0.1) is 3.57 Å². The molecule has 0 heterocycles. The van der Waals surface area contributed by atoms with Crippen molar-refractivity contribution in [3.63, 3.8) is 0 Å². The zero-order valence-electron chi connectivity index (χ0n) is 8.63. The molecule has 0 fully saturated rings. The highest BCUT2D eigenvalue weighted by Gasteiger charge is 2.14. The quantitative estimate of drug-likeness (QED) is 0.391. The maximum Gasteiger partial charge on any atom is 0.0660 e. The first-order valence-corrected chi connectivity index (χ1v) is 7.67. The largest absolute Gasteiger partial charge is 0.0843 e. The minimum Gasteiger partial charge on any atom is -0.0843 e. The average molecular weight is 442 g/mol. The lowest BCUT2D eigenvalue weighted by atomic mass is 10.1. The van der Waals surface area contributed by atoms with E-state index >= 15 is 0 Å². The van der Waals surface area contributed by atoms with Crippen molar-refractivity contribution < 1.29 is 0 Å². The summed E-state index contributed by atoms with van der Waals surface area (Å²) < 4.78 is 1.20. The lowest BCUT2D eigenvalue weighted by Gasteiger charge is -2.13. The first kappa shape index (κ1) is 13.7. The molecule has 0 nitrogen and oxygen atoms in total. The SMILES string of the molecule is Clc1ccc(Cl)c(C(Br)c2cccc(I)c2)c1. The van der Waals surface area contributed by atoms with Crippen LogP contribution >= 0.6 is 61.7 Å². The molecule has 2 aromatic carbocycles. The van der Waals surface area contributed by atoms with Gasteiger partial charge in [-0.3, -0.25) is 0 Å². The molecular weight excluding hydrogens is 434 g/mol. The summed E-state index contributed by atoms with van der Waals surface area (Å²) in [5.74, 6) is 0. The van der Waals surface area contributed by atoms with Crippen LogP contribution in [-0.2, 0) is 0 Å². The van der Waals surface area contributed by atoms with Gasteiger partial charge in [-0.05, 0) is 64.0 Å². The first-order valence-electron chi connectivity index (χ1n) is 4.92. The fourth-order valence-electron chi connectivity index (χ4n) is 1.55. The normalized spacial score (nSPS) is 12.5. The van der Waals surface area contributed by atoms with Gasteiger partial charge >= 0.3 is 0 Å². The first-order chi connectivity index (χ1) is 8.08. The van der Waals surface area contributed by atoms with Crippen LogP contribution in [0.1, 0.15) is 16.0 Å². The van der Waals surface area contributed by atoms with Crippen molar-refractivity contribution in [1.29, 1.82) is 0 Å². The molecule has 0 saturated carbocycles. The zero-order valence-corrected chi connectivity index (χ0v) is 13.9. The molecule has 0 aliphatic heterocycles. The highest BCUT2D eigenvalue weighted by Crippen LogP contribution is 2.36. The monoisotopic (exact) mass is 440 g/mol. The van der Waals surface area contributed by atoms with Gasteiger partial charge in [0.25, 0.3) is 0 Å². The van der Waals surface area contributed by atoms with E-state index < -0.39 is 0 Å². The van der Waals surface area contributed by atoms with Crippen molar-refractivity contribution >= 4 is 61.7 Å². The Morgan fingerprint density at radius 3 is 2.53 bits per heavy atom. The summed E-state index contributed by atoms with van der Waals surface area (Å²) in [5.41, 5.74) is 2.15. The topological polar surface area (TPSA) is 0 Å². The third-order valence-electron chi connectivity index (χ3n) is 2.37. The fraction of sp³-hybridized carbons (Fsp3) is 0.0769. The van der Waals surface area contributed by atoms with E-state index in [1.165, 1.54) is 9.13 Å². The zero-order chi connectivity index (χ0) is 12.4. The van der Waals surface area contributed by atoms with Gasteiger partial charge in [-0.25, -0.2) is 0 Å². The molecule has 0 radical (unpaired) electrons. The Bertz CT molecular complexity index is 543. The molecule has 0 aliphatic carbocycles. The minimum atomic E-state index is 0.0587. The highest BCUT2D eigenvalue weighted by atomic mass is 127. The predicted molar refractivity (Wildman–Crippen MR) is 86.4 cm³/mol. The Labute approximate surface area is 133 Å². The second-order valence-corrected chi connectivity index (χ2v) is 6.59. The van der Waals surface area contributed by atoms with E-state index in [4.69, 9.17) is 23.2 Å². The van der Waals surface area contributed by atoms with Crippen molar-refractivity contribution in [2.45, 2.75) is 4.83 Å². The molecule has 0 bridgehead atoms. The van der Waals surface area contributed by atoms with E-state index in [1.54, 1.807) is 6.07 Å². The Hall–Kier alpha value is 0.230. The molecule has 0 spiro atoms. The molecule has 2 rings (SSSR count). The Morgan fingerprint density at radius 1 is 1.06 bits per heavy atom. The van der Waals surface area contributed by atoms with E-state index in [-0.39, 0.29) is 4.83 Å². The maximum atomic E-state index is 6.19. The summed E-state index contributed by atoms with van der Waals surface area (Å²) in [6.07, 6.45) is 0. The van der Waals surface area contributed by atoms with Crippen molar-refractivity contribution in [2.75, 3.05) is 0 Å². The van der Waals surface area contributed by atoms with Gasteiger partial charge in [-0.15, -0.1) is 0 Å². The fourth-order valence-corrected chi connectivity index (χ4v) is 3.32. The number of benzene rings is 2. The summed E-state index contributed by atoms with van der Waals surface area (Å²) in [7, 11) is 0. The van der Waals surface area contributed by atoms with Crippen molar-refractivity contribution in [3.05, 3.63) is 67.2 Å². The maximum absolute atomic E-state index is 6.19. The smallest absolute Gasteiger partial charge is 0.0660 e. The van der Waals surface area contributed by atoms with Crippen LogP contribution in [0.25, 0.3) is 0 Å². The average Bonchev–Trinajstić information content (AvgIpc) is 2.31. The lowest BCUT2D eigenvalue weighted by molar-refractivity contribution is 1.17. The van der Waals surface area contributed by atoms with Crippen LogP contribution in [0.3, 0.4) is 0 Å². The van der Waals surface area contributed by atoms with Crippen molar-refractivity contribution in [2.24, 2.45) is 0 Å². The summed E-state index contributed by atoms with van der Waals surface area (Å²) in [5, 5.41) is 1.41. The molecule has 88 valence electrons. The molecule has 0 aliphatic rings. The molecule has 0 N–H and O–H groups in total. The van der Waals surface area contributed by atoms with Crippen molar-refractivity contribution in [3.8, 4) is 0 Å². The van der Waals surface area contributed by atoms with Gasteiger partial charge in [0.15, 0.2) is 0 Å². The van der Waals surface area contributed by atoms with E-state index in [9.17, 15) is 0 Å². The van der Waals surface area contributed by atoms with Crippen LogP contribution in [0.4, 0.5) is 0 Å². The summed E-state index contributed by atoms with van der Waals surface area (Å²) in [6.45, 7) is 0. The van der Waals surface area contributed by atoms with Gasteiger partial charge in [0.2, 0.25) is 0 Å². The van der Waals surface area contributed by atoms with E-state index in [0.717, 1.165) is 10.6 Å². The standard InChI is InChI=1S/C13H8BrCl2I/c14-13(8-2-1-3-10(17)6-8)11-7-9(15)4-5-12(11)16/h1-7,13H. The minimum absolute atomic E-state index is 0.0587. The molecule has 4 heteroatoms. The van der Waals surface area contributed by atoms with Gasteiger partial charge in [0.1, 0.15) is 0 Å². The van der Waals surface area contributed by atoms with Gasteiger partial charge in [0, 0.05) is 13.6 Å². The second kappa shape index (κ2) is 5.91. The summed E-state index contributed by atoms with van der Waals surface area (Å²) in [6, 6.07) is 13.8. The van der Waals surface area contributed by atoms with Gasteiger partial charge < -0.3 is 0 Å². The second-order valence-electron chi connectivity index (χ2n) is 3.58. The van der Waals surface area contributed by atoms with Gasteiger partial charge in [-0.2, -0.15) is 0 Å². The third-order valence-corrected chi connectivity index (χ3v) is 4.64. The number of halogens is 4. The molecule has 1 unspecified atom stereocenters. The molecule has 1 atom stereocenters. The van der Waals surface area contributed by atoms with Gasteiger partial charge in [-0.1, -0.05) is 51.3 Å². The molecule has 0 aromatic heterocycles. The van der Waals surface area contributed by atoms with E-state index in [1.807, 2.05) is 18.2 Å². The summed E-state index contributed by atoms with van der Waals surface area (Å²) in [4.78, 5) is 0.0587. The third kappa shape index (κ3) is 3.37. The highest BCUT2D eigenvalue weighted by molar-refractivity contribution is 14.1.